The van der Waals surface area contributed by atoms with Crippen molar-refractivity contribution in [2.24, 2.45) is 11.8 Å². The molecule has 0 aromatic rings. The van der Waals surface area contributed by atoms with E-state index in [0.717, 1.165) is 51.0 Å². The highest BCUT2D eigenvalue weighted by atomic mass is 32.2. The quantitative estimate of drug-likeness (QED) is 0.475. The highest BCUT2D eigenvalue weighted by molar-refractivity contribution is 7.86. The number of hydrogen-bond donors (Lipinski definition) is 0. The van der Waals surface area contributed by atoms with Gasteiger partial charge in [-0.25, -0.2) is 0 Å². The molecule has 6 nitrogen and oxygen atoms in total. The molecule has 2 saturated carbocycles. The molecule has 24 heavy (non-hydrogen) atoms. The van der Waals surface area contributed by atoms with Gasteiger partial charge in [0.25, 0.3) is 20.2 Å². The molecule has 0 aromatic carbocycles. The summed E-state index contributed by atoms with van der Waals surface area (Å²) in [6.07, 6.45) is 11.1. The molecule has 2 aliphatic rings. The molecule has 0 amide bonds. The zero-order chi connectivity index (χ0) is 18.4. The van der Waals surface area contributed by atoms with Crippen molar-refractivity contribution in [1.29, 1.82) is 0 Å². The van der Waals surface area contributed by atoms with E-state index in [4.69, 9.17) is 8.37 Å². The molecule has 0 radical (unpaired) electrons. The first kappa shape index (κ1) is 21.3. The Balaban J connectivity index is 0.000000240. The average molecular weight is 381 g/mol. The van der Waals surface area contributed by atoms with Crippen LogP contribution in [0.3, 0.4) is 0 Å². The maximum atomic E-state index is 10.7. The molecule has 0 bridgehead atoms. The summed E-state index contributed by atoms with van der Waals surface area (Å²) < 4.78 is 52.7. The maximum Gasteiger partial charge on any atom is 0.264 e. The first-order valence-electron chi connectivity index (χ1n) is 8.04. The second kappa shape index (κ2) is 9.12. The molecular formula is C16H28O6S2. The first-order valence-corrected chi connectivity index (χ1v) is 11.7. The third-order valence-electron chi connectivity index (χ3n) is 4.23. The van der Waals surface area contributed by atoms with Crippen molar-refractivity contribution >= 4 is 20.2 Å². The molecule has 0 aromatic heterocycles. The minimum absolute atomic E-state index is 0.0991. The van der Waals surface area contributed by atoms with Crippen molar-refractivity contribution in [1.82, 2.24) is 0 Å². The molecule has 8 heteroatoms. The minimum atomic E-state index is -3.27. The van der Waals surface area contributed by atoms with E-state index in [0.29, 0.717) is 11.8 Å². The lowest BCUT2D eigenvalue weighted by Crippen LogP contribution is -2.35. The molecule has 2 fully saturated rings. The summed E-state index contributed by atoms with van der Waals surface area (Å²) in [6, 6.07) is 0. The van der Waals surface area contributed by atoms with Crippen LogP contribution in [-0.4, -0.2) is 41.6 Å². The lowest BCUT2D eigenvalue weighted by Gasteiger charge is -2.34. The average Bonchev–Trinajstić information content (AvgIpc) is 2.42. The molecule has 0 unspecified atom stereocenters. The van der Waals surface area contributed by atoms with Gasteiger partial charge in [-0.3, -0.25) is 8.37 Å². The van der Waals surface area contributed by atoms with Crippen molar-refractivity contribution < 1.29 is 25.2 Å². The van der Waals surface area contributed by atoms with Crippen LogP contribution in [0.1, 0.15) is 38.5 Å². The largest absolute Gasteiger partial charge is 0.267 e. The Morgan fingerprint density at radius 2 is 1.12 bits per heavy atom. The van der Waals surface area contributed by atoms with E-state index in [-0.39, 0.29) is 12.2 Å². The standard InChI is InChI=1S/2C8H14O3S/c2*1-3-4-7-5-6-8(7)11-12(2,9)10/h2*3,7-8H,1,4-6H2,2H3/t2*7-,8+/m10/s1. The van der Waals surface area contributed by atoms with Crippen LogP contribution in [0.25, 0.3) is 0 Å². The highest BCUT2D eigenvalue weighted by Crippen LogP contribution is 2.34. The van der Waals surface area contributed by atoms with Gasteiger partial charge in [-0.05, 0) is 50.4 Å². The molecule has 0 N–H and O–H groups in total. The summed E-state index contributed by atoms with van der Waals surface area (Å²) in [6.45, 7) is 7.22. The van der Waals surface area contributed by atoms with Crippen LogP contribution in [-0.2, 0) is 28.6 Å². The molecule has 0 spiro atoms. The van der Waals surface area contributed by atoms with Crippen LogP contribution in [0.5, 0.6) is 0 Å². The lowest BCUT2D eigenvalue weighted by atomic mass is 9.80. The van der Waals surface area contributed by atoms with Gasteiger partial charge >= 0.3 is 0 Å². The molecule has 0 saturated heterocycles. The Hall–Kier alpha value is -0.700. The minimum Gasteiger partial charge on any atom is -0.267 e. The molecule has 140 valence electrons. The maximum absolute atomic E-state index is 10.7. The van der Waals surface area contributed by atoms with Crippen molar-refractivity contribution in [2.75, 3.05) is 12.5 Å². The summed E-state index contributed by atoms with van der Waals surface area (Å²) in [7, 11) is -6.54. The van der Waals surface area contributed by atoms with Crippen LogP contribution in [0.15, 0.2) is 25.3 Å². The lowest BCUT2D eigenvalue weighted by molar-refractivity contribution is 0.0551. The van der Waals surface area contributed by atoms with E-state index in [1.807, 2.05) is 12.2 Å². The van der Waals surface area contributed by atoms with E-state index >= 15 is 0 Å². The molecule has 4 atom stereocenters. The summed E-state index contributed by atoms with van der Waals surface area (Å²) in [5.41, 5.74) is 0. The van der Waals surface area contributed by atoms with E-state index in [2.05, 4.69) is 13.2 Å². The van der Waals surface area contributed by atoms with E-state index in [1.54, 1.807) is 0 Å². The van der Waals surface area contributed by atoms with E-state index in [1.165, 1.54) is 0 Å². The predicted molar refractivity (Wildman–Crippen MR) is 94.5 cm³/mol. The summed E-state index contributed by atoms with van der Waals surface area (Å²) >= 11 is 0. The third-order valence-corrected chi connectivity index (χ3v) is 5.42. The highest BCUT2D eigenvalue weighted by Gasteiger charge is 2.33. The topological polar surface area (TPSA) is 86.7 Å². The number of rotatable bonds is 8. The van der Waals surface area contributed by atoms with Crippen molar-refractivity contribution in [2.45, 2.75) is 50.7 Å². The second-order valence-electron chi connectivity index (χ2n) is 6.40. The predicted octanol–water partition coefficient (Wildman–Crippen LogP) is 2.63. The van der Waals surface area contributed by atoms with Gasteiger partial charge < -0.3 is 0 Å². The molecule has 0 aliphatic heterocycles. The Morgan fingerprint density at radius 1 is 0.792 bits per heavy atom. The van der Waals surface area contributed by atoms with Gasteiger partial charge in [0.05, 0.1) is 24.7 Å². The van der Waals surface area contributed by atoms with Crippen LogP contribution >= 0.6 is 0 Å². The fourth-order valence-electron chi connectivity index (χ4n) is 2.75. The Morgan fingerprint density at radius 3 is 1.29 bits per heavy atom. The normalized spacial score (nSPS) is 29.4. The number of allylic oxidation sites excluding steroid dienone is 2. The molecule has 2 aliphatic carbocycles. The third kappa shape index (κ3) is 7.92. The SMILES string of the molecule is C=CC[C@@H]1CC[C@@H]1OS(C)(=O)=O.C=CC[C@H]1CC[C@H]1OS(C)(=O)=O. The number of hydrogen-bond acceptors (Lipinski definition) is 6. The monoisotopic (exact) mass is 380 g/mol. The molecule has 0 heterocycles. The van der Waals surface area contributed by atoms with Crippen molar-refractivity contribution in [3.05, 3.63) is 25.3 Å². The van der Waals surface area contributed by atoms with E-state index in [9.17, 15) is 16.8 Å². The second-order valence-corrected chi connectivity index (χ2v) is 9.60. The van der Waals surface area contributed by atoms with Gasteiger partial charge in [0, 0.05) is 0 Å². The summed E-state index contributed by atoms with van der Waals surface area (Å²) in [5, 5.41) is 0. The van der Waals surface area contributed by atoms with Gasteiger partial charge in [-0.1, -0.05) is 12.2 Å². The van der Waals surface area contributed by atoms with Gasteiger partial charge in [-0.2, -0.15) is 16.8 Å². The van der Waals surface area contributed by atoms with Gasteiger partial charge in [0.15, 0.2) is 0 Å². The van der Waals surface area contributed by atoms with Crippen molar-refractivity contribution in [3.8, 4) is 0 Å². The van der Waals surface area contributed by atoms with Crippen LogP contribution < -0.4 is 0 Å². The summed E-state index contributed by atoms with van der Waals surface area (Å²) in [4.78, 5) is 0. The zero-order valence-corrected chi connectivity index (χ0v) is 16.0. The zero-order valence-electron chi connectivity index (χ0n) is 14.4. The fourth-order valence-corrected chi connectivity index (χ4v) is 4.15. The van der Waals surface area contributed by atoms with Crippen LogP contribution in [0.4, 0.5) is 0 Å². The molecular weight excluding hydrogens is 352 g/mol. The Labute approximate surface area is 146 Å². The Bertz CT molecular complexity index is 567. The van der Waals surface area contributed by atoms with Crippen LogP contribution in [0, 0.1) is 11.8 Å². The fraction of sp³-hybridized carbons (Fsp3) is 0.750. The van der Waals surface area contributed by atoms with E-state index < -0.39 is 20.2 Å². The molecule has 2 rings (SSSR count). The smallest absolute Gasteiger partial charge is 0.264 e. The van der Waals surface area contributed by atoms with Crippen LogP contribution in [0.2, 0.25) is 0 Å². The van der Waals surface area contributed by atoms with Gasteiger partial charge in [-0.15, -0.1) is 13.2 Å². The first-order chi connectivity index (χ1) is 11.1. The summed E-state index contributed by atoms with van der Waals surface area (Å²) in [5.74, 6) is 0.717. The van der Waals surface area contributed by atoms with Gasteiger partial charge in [0.1, 0.15) is 0 Å². The Kier molecular flexibility index (Phi) is 8.11. The van der Waals surface area contributed by atoms with Crippen molar-refractivity contribution in [3.63, 3.8) is 0 Å². The van der Waals surface area contributed by atoms with Gasteiger partial charge in [0.2, 0.25) is 0 Å².